The number of benzene rings is 2. The van der Waals surface area contributed by atoms with Crippen LogP contribution in [0.5, 0.6) is 0 Å². The van der Waals surface area contributed by atoms with E-state index in [0.29, 0.717) is 0 Å². The monoisotopic (exact) mass is 483 g/mol. The number of hydrogen-bond acceptors (Lipinski definition) is 5. The van der Waals surface area contributed by atoms with Gasteiger partial charge in [-0.1, -0.05) is 81.4 Å². The smallest absolute Gasteiger partial charge is 0.410 e. The number of carbonyl (C=O) groups is 2. The van der Waals surface area contributed by atoms with Crippen molar-refractivity contribution in [1.29, 1.82) is 0 Å². The number of nitrogens with zero attached hydrogens (tertiary/aromatic N) is 1. The molecule has 2 aromatic rings. The molecule has 6 nitrogen and oxygen atoms in total. The Kier molecular flexibility index (Phi) is 8.01. The van der Waals surface area contributed by atoms with E-state index in [0.717, 1.165) is 0 Å². The van der Waals surface area contributed by atoms with Gasteiger partial charge in [0.1, 0.15) is 12.2 Å². The van der Waals surface area contributed by atoms with E-state index in [1.807, 2.05) is 57.2 Å². The molecule has 1 aliphatic rings. The van der Waals surface area contributed by atoms with Crippen molar-refractivity contribution in [1.82, 2.24) is 4.90 Å². The van der Waals surface area contributed by atoms with E-state index in [2.05, 4.69) is 45.0 Å². The maximum Gasteiger partial charge on any atom is 0.410 e. The van der Waals surface area contributed by atoms with Gasteiger partial charge in [-0.2, -0.15) is 0 Å². The van der Waals surface area contributed by atoms with Crippen LogP contribution < -0.4 is 10.4 Å². The van der Waals surface area contributed by atoms with E-state index < -0.39 is 26.1 Å². The third kappa shape index (κ3) is 6.14. The Labute approximate surface area is 204 Å². The van der Waals surface area contributed by atoms with Crippen LogP contribution in [0.4, 0.5) is 4.79 Å². The summed E-state index contributed by atoms with van der Waals surface area (Å²) in [4.78, 5) is 26.5. The highest BCUT2D eigenvalue weighted by atomic mass is 28.4. The highest BCUT2D eigenvalue weighted by Crippen LogP contribution is 2.37. The molecule has 0 bridgehead atoms. The van der Waals surface area contributed by atoms with Crippen LogP contribution in [0.3, 0.4) is 0 Å². The van der Waals surface area contributed by atoms with Crippen LogP contribution in [0.15, 0.2) is 60.7 Å². The van der Waals surface area contributed by atoms with Crippen LogP contribution in [0.2, 0.25) is 5.04 Å². The molecule has 3 rings (SSSR count). The van der Waals surface area contributed by atoms with Gasteiger partial charge in [-0.05, 0) is 36.2 Å². The molecule has 0 aromatic heterocycles. The number of rotatable bonds is 5. The van der Waals surface area contributed by atoms with E-state index in [1.165, 1.54) is 15.3 Å². The molecule has 2 aromatic carbocycles. The average Bonchev–Trinajstić information content (AvgIpc) is 2.95. The van der Waals surface area contributed by atoms with E-state index in [4.69, 9.17) is 13.9 Å². The normalized spacial score (nSPS) is 17.9. The molecule has 0 unspecified atom stereocenters. The van der Waals surface area contributed by atoms with Crippen molar-refractivity contribution >= 4 is 30.6 Å². The lowest BCUT2D eigenvalue weighted by molar-refractivity contribution is -0.123. The Morgan fingerprint density at radius 1 is 0.971 bits per heavy atom. The molecule has 0 spiro atoms. The van der Waals surface area contributed by atoms with Crippen molar-refractivity contribution in [3.63, 3.8) is 0 Å². The van der Waals surface area contributed by atoms with E-state index in [9.17, 15) is 9.59 Å². The number of Topliss-reactive ketones (excluding diaryl/α,β-unsaturated/α-hetero) is 1. The van der Waals surface area contributed by atoms with Crippen LogP contribution in [0, 0.1) is 0 Å². The second-order valence-electron chi connectivity index (χ2n) is 10.8. The topological polar surface area (TPSA) is 65.1 Å². The van der Waals surface area contributed by atoms with Crippen molar-refractivity contribution in [2.75, 3.05) is 26.3 Å². The minimum atomic E-state index is -2.75. The summed E-state index contributed by atoms with van der Waals surface area (Å²) in [6.07, 6.45) is -0.956. The summed E-state index contributed by atoms with van der Waals surface area (Å²) in [5.41, 5.74) is -0.645. The lowest BCUT2D eigenvalue weighted by Crippen LogP contribution is -2.67. The Balaban J connectivity index is 1.91. The molecule has 34 heavy (non-hydrogen) atoms. The first-order valence-corrected chi connectivity index (χ1v) is 13.7. The van der Waals surface area contributed by atoms with Gasteiger partial charge in [-0.25, -0.2) is 4.79 Å². The average molecular weight is 484 g/mol. The fourth-order valence-corrected chi connectivity index (χ4v) is 8.97. The van der Waals surface area contributed by atoms with E-state index in [1.54, 1.807) is 0 Å². The SMILES string of the molecule is CC(C)(C)OC(=O)N1CC(=O)CO[C@H](CO[Si](c2ccccc2)(c2ccccc2)C(C)(C)C)C1. The zero-order chi connectivity index (χ0) is 25.0. The van der Waals surface area contributed by atoms with Gasteiger partial charge in [0, 0.05) is 0 Å². The van der Waals surface area contributed by atoms with Gasteiger partial charge in [0.05, 0.1) is 25.8 Å². The number of carbonyl (C=O) groups excluding carboxylic acids is 2. The molecule has 184 valence electrons. The molecule has 0 radical (unpaired) electrons. The quantitative estimate of drug-likeness (QED) is 0.606. The molecule has 7 heteroatoms. The van der Waals surface area contributed by atoms with Gasteiger partial charge >= 0.3 is 6.09 Å². The highest BCUT2D eigenvalue weighted by molar-refractivity contribution is 6.99. The highest BCUT2D eigenvalue weighted by Gasteiger charge is 2.50. The fourth-order valence-electron chi connectivity index (χ4n) is 4.38. The molecular weight excluding hydrogens is 446 g/mol. The first-order chi connectivity index (χ1) is 15.9. The molecular formula is C27H37NO5Si. The largest absolute Gasteiger partial charge is 0.444 e. The van der Waals surface area contributed by atoms with E-state index in [-0.39, 0.29) is 37.1 Å². The van der Waals surface area contributed by atoms with Gasteiger partial charge in [0.25, 0.3) is 8.32 Å². The zero-order valence-corrected chi connectivity index (χ0v) is 22.2. The zero-order valence-electron chi connectivity index (χ0n) is 21.2. The van der Waals surface area contributed by atoms with Crippen molar-refractivity contribution < 1.29 is 23.5 Å². The lowest BCUT2D eigenvalue weighted by Gasteiger charge is -2.43. The molecule has 1 atom stereocenters. The second kappa shape index (κ2) is 10.4. The summed E-state index contributed by atoms with van der Waals surface area (Å²) in [7, 11) is -2.75. The Bertz CT molecular complexity index is 927. The summed E-state index contributed by atoms with van der Waals surface area (Å²) in [6.45, 7) is 12.5. The Morgan fingerprint density at radius 3 is 1.97 bits per heavy atom. The first kappa shape index (κ1) is 26.1. The summed E-state index contributed by atoms with van der Waals surface area (Å²) >= 11 is 0. The van der Waals surface area contributed by atoms with Crippen molar-refractivity contribution in [3.8, 4) is 0 Å². The van der Waals surface area contributed by atoms with Crippen molar-refractivity contribution in [2.24, 2.45) is 0 Å². The van der Waals surface area contributed by atoms with Gasteiger partial charge in [-0.3, -0.25) is 9.69 Å². The fraction of sp³-hybridized carbons (Fsp3) is 0.481. The summed E-state index contributed by atoms with van der Waals surface area (Å²) in [5, 5.41) is 2.16. The molecule has 0 aliphatic carbocycles. The van der Waals surface area contributed by atoms with Gasteiger partial charge < -0.3 is 13.9 Å². The minimum absolute atomic E-state index is 0.0232. The van der Waals surface area contributed by atoms with Gasteiger partial charge in [0.15, 0.2) is 5.78 Å². The van der Waals surface area contributed by atoms with E-state index >= 15 is 0 Å². The summed E-state index contributed by atoms with van der Waals surface area (Å²) in [6, 6.07) is 20.7. The molecule has 0 N–H and O–H groups in total. The maximum atomic E-state index is 12.7. The predicted octanol–water partition coefficient (Wildman–Crippen LogP) is 3.77. The number of hydrogen-bond donors (Lipinski definition) is 0. The molecule has 0 saturated carbocycles. The van der Waals surface area contributed by atoms with Crippen LogP contribution in [0.25, 0.3) is 0 Å². The molecule has 1 fully saturated rings. The molecule has 1 saturated heterocycles. The number of ketones is 1. The van der Waals surface area contributed by atoms with Gasteiger partial charge in [0.2, 0.25) is 0 Å². The predicted molar refractivity (Wildman–Crippen MR) is 136 cm³/mol. The Hall–Kier alpha value is -2.48. The Morgan fingerprint density at radius 2 is 1.50 bits per heavy atom. The maximum absolute atomic E-state index is 12.7. The minimum Gasteiger partial charge on any atom is -0.444 e. The molecule has 1 amide bonds. The third-order valence-electron chi connectivity index (χ3n) is 5.83. The van der Waals surface area contributed by atoms with Crippen LogP contribution >= 0.6 is 0 Å². The van der Waals surface area contributed by atoms with Crippen LogP contribution in [-0.2, 0) is 18.7 Å². The standard InChI is InChI=1S/C27H37NO5Si/c1-26(2,3)33-25(30)28-17-21(29)19-31-22(18-28)20-32-34(27(4,5)6,23-13-9-7-10-14-23)24-15-11-8-12-16-24/h7-16,22H,17-20H2,1-6H3/t22-/m0/s1. The van der Waals surface area contributed by atoms with Crippen LogP contribution in [-0.4, -0.2) is 63.1 Å². The summed E-state index contributed by atoms with van der Waals surface area (Å²) < 4.78 is 18.4. The third-order valence-corrected chi connectivity index (χ3v) is 10.8. The first-order valence-electron chi connectivity index (χ1n) is 11.8. The summed E-state index contributed by atoms with van der Waals surface area (Å²) in [5.74, 6) is -0.154. The number of ether oxygens (including phenoxy) is 2. The van der Waals surface area contributed by atoms with Crippen LogP contribution in [0.1, 0.15) is 41.5 Å². The number of amides is 1. The second-order valence-corrected chi connectivity index (χ2v) is 15.1. The van der Waals surface area contributed by atoms with Gasteiger partial charge in [-0.15, -0.1) is 0 Å². The molecule has 1 aliphatic heterocycles. The van der Waals surface area contributed by atoms with Crippen molar-refractivity contribution in [2.45, 2.75) is 58.3 Å². The molecule has 1 heterocycles. The van der Waals surface area contributed by atoms with Crippen molar-refractivity contribution in [3.05, 3.63) is 60.7 Å². The lowest BCUT2D eigenvalue weighted by atomic mass is 10.2.